The fraction of sp³-hybridized carbons (Fsp3) is 0.200. The first-order valence-electron chi connectivity index (χ1n) is 10.7. The molecule has 0 aliphatic heterocycles. The highest BCUT2D eigenvalue weighted by Crippen LogP contribution is 2.33. The molecule has 8 nitrogen and oxygen atoms in total. The maximum absolute atomic E-state index is 13.5. The summed E-state index contributed by atoms with van der Waals surface area (Å²) in [5.74, 6) is -0.318. The predicted octanol–water partition coefficient (Wildman–Crippen LogP) is 4.24. The van der Waals surface area contributed by atoms with Gasteiger partial charge in [-0.3, -0.25) is 9.59 Å². The summed E-state index contributed by atoms with van der Waals surface area (Å²) >= 11 is 3.32. The van der Waals surface area contributed by atoms with E-state index in [0.29, 0.717) is 32.4 Å². The maximum atomic E-state index is 13.5. The van der Waals surface area contributed by atoms with Crippen LogP contribution in [0.1, 0.15) is 28.4 Å². The van der Waals surface area contributed by atoms with Crippen molar-refractivity contribution in [1.82, 2.24) is 18.8 Å². The number of aryl methyl sites for hydroxylation is 1. The molecule has 0 aliphatic rings. The highest BCUT2D eigenvalue weighted by Gasteiger charge is 2.25. The molecule has 1 amide bonds. The molecule has 0 spiro atoms. The molecule has 0 aliphatic carbocycles. The van der Waals surface area contributed by atoms with Gasteiger partial charge in [-0.05, 0) is 65.2 Å². The van der Waals surface area contributed by atoms with Crippen LogP contribution in [-0.4, -0.2) is 53.0 Å². The average Bonchev–Trinajstić information content (AvgIpc) is 3.18. The minimum atomic E-state index is -3.96. The van der Waals surface area contributed by atoms with E-state index in [9.17, 15) is 18.0 Å². The van der Waals surface area contributed by atoms with Crippen molar-refractivity contribution < 1.29 is 18.0 Å². The van der Waals surface area contributed by atoms with Gasteiger partial charge in [0.2, 0.25) is 0 Å². The van der Waals surface area contributed by atoms with Gasteiger partial charge in [-0.2, -0.15) is 0 Å². The van der Waals surface area contributed by atoms with E-state index < -0.39 is 10.0 Å². The minimum Gasteiger partial charge on any atom is -0.345 e. The summed E-state index contributed by atoms with van der Waals surface area (Å²) in [5, 5.41) is 0. The third-order valence-corrected chi connectivity index (χ3v) is 7.55. The number of halogens is 1. The van der Waals surface area contributed by atoms with Crippen LogP contribution in [0.15, 0.2) is 64.4 Å². The molecular formula is C25H23BrN4O4S. The molecule has 4 rings (SSSR count). The third kappa shape index (κ3) is 4.76. The standard InChI is InChI=1S/C25H23BrN4O4S/c1-15-5-8-19(9-6-15)35(33,34)30-14-21(23-24(30)27-13-22(26)28-23)17-7-10-20(25(32)29(3)4)18(12-17)11-16(2)31/h5-10,12-14H,11H2,1-4H3. The highest BCUT2D eigenvalue weighted by atomic mass is 79.9. The molecule has 0 N–H and O–H groups in total. The van der Waals surface area contributed by atoms with Crippen molar-refractivity contribution >= 4 is 48.8 Å². The van der Waals surface area contributed by atoms with Gasteiger partial charge in [-0.25, -0.2) is 22.4 Å². The van der Waals surface area contributed by atoms with Gasteiger partial charge in [0.05, 0.1) is 11.1 Å². The zero-order valence-electron chi connectivity index (χ0n) is 19.6. The van der Waals surface area contributed by atoms with Crippen LogP contribution >= 0.6 is 15.9 Å². The zero-order chi connectivity index (χ0) is 25.5. The van der Waals surface area contributed by atoms with Crippen molar-refractivity contribution in [3.8, 4) is 11.1 Å². The fourth-order valence-electron chi connectivity index (χ4n) is 3.79. The summed E-state index contributed by atoms with van der Waals surface area (Å²) in [6, 6.07) is 11.7. The molecule has 10 heteroatoms. The number of ketones is 1. The number of fused-ring (bicyclic) bond motifs is 1. The molecule has 0 saturated heterocycles. The Morgan fingerprint density at radius 2 is 1.77 bits per heavy atom. The summed E-state index contributed by atoms with van der Waals surface area (Å²) in [5.41, 5.74) is 3.58. The highest BCUT2D eigenvalue weighted by molar-refractivity contribution is 9.10. The van der Waals surface area contributed by atoms with Crippen molar-refractivity contribution in [1.29, 1.82) is 0 Å². The summed E-state index contributed by atoms with van der Waals surface area (Å²) in [7, 11) is -0.674. The van der Waals surface area contributed by atoms with Crippen molar-refractivity contribution in [2.45, 2.75) is 25.2 Å². The quantitative estimate of drug-likeness (QED) is 0.353. The van der Waals surface area contributed by atoms with E-state index in [4.69, 9.17) is 0 Å². The van der Waals surface area contributed by atoms with Crippen LogP contribution in [0.5, 0.6) is 0 Å². The summed E-state index contributed by atoms with van der Waals surface area (Å²) in [4.78, 5) is 35.0. The van der Waals surface area contributed by atoms with E-state index in [0.717, 1.165) is 9.54 Å². The van der Waals surface area contributed by atoms with Crippen molar-refractivity contribution in [3.63, 3.8) is 0 Å². The lowest BCUT2D eigenvalue weighted by molar-refractivity contribution is -0.116. The molecule has 0 radical (unpaired) electrons. The Morgan fingerprint density at radius 3 is 2.40 bits per heavy atom. The Hall–Kier alpha value is -3.37. The molecule has 0 saturated carbocycles. The van der Waals surface area contributed by atoms with Crippen molar-refractivity contribution in [3.05, 3.63) is 76.2 Å². The molecule has 0 unspecified atom stereocenters. The smallest absolute Gasteiger partial charge is 0.269 e. The third-order valence-electron chi connectivity index (χ3n) is 5.50. The maximum Gasteiger partial charge on any atom is 0.269 e. The Kier molecular flexibility index (Phi) is 6.61. The number of Topliss-reactive ketones (excluding diaryl/α,β-unsaturated/α-hetero) is 1. The van der Waals surface area contributed by atoms with E-state index in [1.807, 2.05) is 6.92 Å². The summed E-state index contributed by atoms with van der Waals surface area (Å²) in [6.45, 7) is 3.34. The molecule has 0 fully saturated rings. The van der Waals surface area contributed by atoms with Gasteiger partial charge in [0.1, 0.15) is 15.9 Å². The Bertz CT molecular complexity index is 1580. The van der Waals surface area contributed by atoms with Gasteiger partial charge in [0, 0.05) is 37.8 Å². The molecule has 0 atom stereocenters. The second-order valence-electron chi connectivity index (χ2n) is 8.47. The molecular weight excluding hydrogens is 532 g/mol. The molecule has 0 bridgehead atoms. The first kappa shape index (κ1) is 24.7. The van der Waals surface area contributed by atoms with E-state index in [1.165, 1.54) is 24.2 Å². The number of hydrogen-bond acceptors (Lipinski definition) is 6. The molecule has 2 heterocycles. The van der Waals surface area contributed by atoms with Crippen LogP contribution in [0.4, 0.5) is 0 Å². The van der Waals surface area contributed by atoms with Crippen LogP contribution in [0.2, 0.25) is 0 Å². The predicted molar refractivity (Wildman–Crippen MR) is 137 cm³/mol. The monoisotopic (exact) mass is 554 g/mol. The number of hydrogen-bond donors (Lipinski definition) is 0. The number of aromatic nitrogens is 3. The van der Waals surface area contributed by atoms with E-state index in [-0.39, 0.29) is 28.7 Å². The number of nitrogens with zero attached hydrogens (tertiary/aromatic N) is 4. The van der Waals surface area contributed by atoms with E-state index >= 15 is 0 Å². The normalized spacial score (nSPS) is 11.6. The number of carbonyl (C=O) groups excluding carboxylic acids is 2. The van der Waals surface area contributed by atoms with Gasteiger partial charge >= 0.3 is 0 Å². The van der Waals surface area contributed by atoms with Gasteiger partial charge in [-0.1, -0.05) is 23.8 Å². The van der Waals surface area contributed by atoms with Crippen LogP contribution in [-0.2, 0) is 21.2 Å². The van der Waals surface area contributed by atoms with Gasteiger partial charge in [0.25, 0.3) is 15.9 Å². The SMILES string of the molecule is CC(=O)Cc1cc(-c2cn(S(=O)(=O)c3ccc(C)cc3)c3ncc(Br)nc23)ccc1C(=O)N(C)C. The van der Waals surface area contributed by atoms with E-state index in [2.05, 4.69) is 25.9 Å². The van der Waals surface area contributed by atoms with Crippen LogP contribution in [0, 0.1) is 6.92 Å². The van der Waals surface area contributed by atoms with Gasteiger partial charge in [0.15, 0.2) is 5.65 Å². The average molecular weight is 555 g/mol. The van der Waals surface area contributed by atoms with Gasteiger partial charge in [-0.15, -0.1) is 0 Å². The lowest BCUT2D eigenvalue weighted by Crippen LogP contribution is -2.23. The number of amides is 1. The van der Waals surface area contributed by atoms with Crippen LogP contribution in [0.3, 0.4) is 0 Å². The molecule has 2 aromatic carbocycles. The summed E-state index contributed by atoms with van der Waals surface area (Å²) < 4.78 is 28.6. The number of rotatable bonds is 6. The second-order valence-corrected chi connectivity index (χ2v) is 11.1. The largest absolute Gasteiger partial charge is 0.345 e. The molecule has 2 aromatic heterocycles. The lowest BCUT2D eigenvalue weighted by atomic mass is 9.96. The minimum absolute atomic E-state index is 0.0679. The first-order chi connectivity index (χ1) is 16.5. The number of benzene rings is 2. The van der Waals surface area contributed by atoms with Crippen molar-refractivity contribution in [2.24, 2.45) is 0 Å². The summed E-state index contributed by atoms with van der Waals surface area (Å²) in [6.07, 6.45) is 2.98. The first-order valence-corrected chi connectivity index (χ1v) is 12.9. The molecule has 180 valence electrons. The Balaban J connectivity index is 1.95. The van der Waals surface area contributed by atoms with Crippen LogP contribution in [0.25, 0.3) is 22.3 Å². The Morgan fingerprint density at radius 1 is 1.09 bits per heavy atom. The van der Waals surface area contributed by atoms with Crippen LogP contribution < -0.4 is 0 Å². The van der Waals surface area contributed by atoms with Crippen molar-refractivity contribution in [2.75, 3.05) is 14.1 Å². The second kappa shape index (κ2) is 9.35. The van der Waals surface area contributed by atoms with Gasteiger partial charge < -0.3 is 4.90 Å². The zero-order valence-corrected chi connectivity index (χ0v) is 22.0. The lowest BCUT2D eigenvalue weighted by Gasteiger charge is -2.15. The number of carbonyl (C=O) groups is 2. The van der Waals surface area contributed by atoms with E-state index in [1.54, 1.807) is 56.6 Å². The molecule has 35 heavy (non-hydrogen) atoms. The molecule has 4 aromatic rings. The topological polar surface area (TPSA) is 102 Å². The Labute approximate surface area is 211 Å². The fourth-order valence-corrected chi connectivity index (χ4v) is 5.38.